The number of carbonyl (C=O) groups excluding carboxylic acids is 5. The van der Waals surface area contributed by atoms with Gasteiger partial charge in [0.1, 0.15) is 11.6 Å². The summed E-state index contributed by atoms with van der Waals surface area (Å²) >= 11 is 0. The van der Waals surface area contributed by atoms with Crippen LogP contribution in [0.25, 0.3) is 0 Å². The second kappa shape index (κ2) is 13.3. The third kappa shape index (κ3) is 9.16. The molecule has 0 radical (unpaired) electrons. The lowest BCUT2D eigenvalue weighted by Crippen LogP contribution is -2.61. The molecule has 3 aliphatic rings. The van der Waals surface area contributed by atoms with Crippen molar-refractivity contribution in [1.29, 1.82) is 0 Å². The van der Waals surface area contributed by atoms with Crippen molar-refractivity contribution in [2.45, 2.75) is 96.7 Å². The van der Waals surface area contributed by atoms with Crippen molar-refractivity contribution in [2.24, 2.45) is 23.5 Å². The summed E-state index contributed by atoms with van der Waals surface area (Å²) in [5.74, 6) is -0.0320. The Bertz CT molecular complexity index is 805. The van der Waals surface area contributed by atoms with E-state index in [1.165, 1.54) is 0 Å². The lowest BCUT2D eigenvalue weighted by atomic mass is 9.75. The molecule has 35 heavy (non-hydrogen) atoms. The first kappa shape index (κ1) is 33.0. The molecule has 5 atom stereocenters. The topological polar surface area (TPSA) is 188 Å². The van der Waals surface area contributed by atoms with Crippen molar-refractivity contribution in [3.8, 4) is 0 Å². The Balaban J connectivity index is 0.000000816. The van der Waals surface area contributed by atoms with E-state index in [-0.39, 0.29) is 52.7 Å². The number of imide groups is 2. The second-order valence-corrected chi connectivity index (χ2v) is 10.4. The van der Waals surface area contributed by atoms with Gasteiger partial charge in [0.15, 0.2) is 0 Å². The summed E-state index contributed by atoms with van der Waals surface area (Å²) < 4.78 is 5.66. The van der Waals surface area contributed by atoms with Crippen molar-refractivity contribution >= 4 is 46.7 Å². The molecular weight excluding hydrogens is 524 g/mol. The molecule has 1 saturated carbocycles. The Morgan fingerprint density at radius 3 is 2.06 bits per heavy atom. The van der Waals surface area contributed by atoms with Gasteiger partial charge >= 0.3 is 6.09 Å². The van der Waals surface area contributed by atoms with Crippen LogP contribution in [0.5, 0.6) is 0 Å². The van der Waals surface area contributed by atoms with Gasteiger partial charge in [-0.1, -0.05) is 27.2 Å². The molecule has 1 aliphatic carbocycles. The highest BCUT2D eigenvalue weighted by Gasteiger charge is 2.41. The van der Waals surface area contributed by atoms with E-state index >= 15 is 0 Å². The predicted molar refractivity (Wildman–Crippen MR) is 134 cm³/mol. The fraction of sp³-hybridized carbons (Fsp3) is 0.783. The molecule has 2 heterocycles. The second-order valence-electron chi connectivity index (χ2n) is 10.4. The van der Waals surface area contributed by atoms with Gasteiger partial charge in [0.05, 0.1) is 5.54 Å². The Kier molecular flexibility index (Phi) is 12.5. The van der Waals surface area contributed by atoms with Gasteiger partial charge in [-0.25, -0.2) is 4.79 Å². The minimum absolute atomic E-state index is 0. The number of ether oxygens (including phenoxy) is 1. The van der Waals surface area contributed by atoms with E-state index in [1.807, 2.05) is 0 Å². The summed E-state index contributed by atoms with van der Waals surface area (Å²) in [7, 11) is 0. The van der Waals surface area contributed by atoms with Crippen molar-refractivity contribution in [2.75, 3.05) is 0 Å². The lowest BCUT2D eigenvalue weighted by Gasteiger charge is -2.38. The molecule has 0 aromatic rings. The number of rotatable bonds is 3. The summed E-state index contributed by atoms with van der Waals surface area (Å²) in [6, 6.07) is 0. The van der Waals surface area contributed by atoms with Gasteiger partial charge in [-0.2, -0.15) is 0 Å². The predicted octanol–water partition coefficient (Wildman–Crippen LogP) is 1.26. The molecule has 11 nitrogen and oxygen atoms in total. The quantitative estimate of drug-likeness (QED) is 0.371. The van der Waals surface area contributed by atoms with Crippen LogP contribution in [0.3, 0.4) is 0 Å². The molecule has 12 heteroatoms. The molecule has 0 bridgehead atoms. The van der Waals surface area contributed by atoms with Crippen LogP contribution in [0.4, 0.5) is 4.79 Å². The molecule has 0 spiro atoms. The third-order valence-electron chi connectivity index (χ3n) is 6.85. The average Bonchev–Trinajstić information content (AvgIpc) is 2.69. The number of hydrogen-bond acceptors (Lipinski definition) is 7. The van der Waals surface area contributed by atoms with Crippen LogP contribution in [0, 0.1) is 17.8 Å². The van der Waals surface area contributed by atoms with Gasteiger partial charge in [0.25, 0.3) is 5.91 Å². The van der Waals surface area contributed by atoms with Crippen LogP contribution < -0.4 is 21.7 Å². The molecule has 7 N–H and O–H groups in total. The smallest absolute Gasteiger partial charge is 0.408 e. The van der Waals surface area contributed by atoms with Crippen LogP contribution in [0.15, 0.2) is 0 Å². The maximum Gasteiger partial charge on any atom is 0.408 e. The van der Waals surface area contributed by atoms with Crippen LogP contribution in [-0.2, 0) is 23.9 Å². The van der Waals surface area contributed by atoms with Gasteiger partial charge in [0.2, 0.25) is 17.7 Å². The number of piperidine rings is 2. The normalized spacial score (nSPS) is 32.6. The molecular formula is C23H41BrN4O7. The maximum atomic E-state index is 12.3. The number of carbonyl (C=O) groups is 5. The first-order valence-electron chi connectivity index (χ1n) is 11.7. The lowest BCUT2D eigenvalue weighted by molar-refractivity contribution is -0.139. The van der Waals surface area contributed by atoms with E-state index in [2.05, 4.69) is 36.7 Å². The fourth-order valence-electron chi connectivity index (χ4n) is 4.38. The zero-order valence-electron chi connectivity index (χ0n) is 21.2. The Morgan fingerprint density at radius 2 is 1.57 bits per heavy atom. The number of nitrogens with one attached hydrogen (secondary N) is 3. The van der Waals surface area contributed by atoms with E-state index in [9.17, 15) is 24.0 Å². The van der Waals surface area contributed by atoms with Crippen molar-refractivity contribution in [1.82, 2.24) is 16.0 Å². The first-order valence-corrected chi connectivity index (χ1v) is 11.7. The number of alkyl carbamates (subject to hydrolysis) is 1. The zero-order chi connectivity index (χ0) is 25.0. The molecule has 0 aromatic heterocycles. The third-order valence-corrected chi connectivity index (χ3v) is 6.85. The highest BCUT2D eigenvalue weighted by atomic mass is 79.9. The van der Waals surface area contributed by atoms with Gasteiger partial charge < -0.3 is 21.3 Å². The van der Waals surface area contributed by atoms with Gasteiger partial charge in [0, 0.05) is 12.8 Å². The van der Waals surface area contributed by atoms with Crippen molar-refractivity contribution in [3.63, 3.8) is 0 Å². The Hall–Kier alpha value is -2.05. The molecule has 3 fully saturated rings. The molecule has 202 valence electrons. The van der Waals surface area contributed by atoms with Gasteiger partial charge in [-0.05, 0) is 57.3 Å². The highest BCUT2D eigenvalue weighted by molar-refractivity contribution is 8.93. The monoisotopic (exact) mass is 564 g/mol. The molecule has 2 saturated heterocycles. The standard InChI is InChI=1S/C17H28N2O4.C6H10N2O2.BrH.H2O/c1-10(2)12-6-5-11(3)9-13(12)23-16(22)19-17(4)8-7-14(20)18-15(17)21;1-6(7)3-2-4(9)8-5(6)10;;/h10-13H,5-9H2,1-4H3,(H,19,22)(H,18,20,21);2-3,7H2,1H3,(H,8,9,10);1H;1H2/t11-,12+,13-,17-;6-;;/m11../s1. The number of halogens is 1. The minimum atomic E-state index is -1.08. The largest absolute Gasteiger partial charge is 0.446 e. The van der Waals surface area contributed by atoms with E-state index in [0.29, 0.717) is 37.0 Å². The summed E-state index contributed by atoms with van der Waals surface area (Å²) in [6.07, 6.45) is 3.69. The van der Waals surface area contributed by atoms with Gasteiger partial charge in [-0.3, -0.25) is 29.8 Å². The highest BCUT2D eigenvalue weighted by Crippen LogP contribution is 2.35. The minimum Gasteiger partial charge on any atom is -0.446 e. The van der Waals surface area contributed by atoms with E-state index in [1.54, 1.807) is 13.8 Å². The van der Waals surface area contributed by atoms with E-state index in [4.69, 9.17) is 10.5 Å². The molecule has 0 unspecified atom stereocenters. The van der Waals surface area contributed by atoms with Crippen LogP contribution in [-0.4, -0.2) is 52.4 Å². The SMILES string of the molecule is Br.CC(C)[C@@H]1CC[C@@H](C)C[C@H]1OC(=O)N[C@]1(C)CCC(=O)NC1=O.C[C@@]1(N)CCC(=O)NC1=O.O. The summed E-state index contributed by atoms with van der Waals surface area (Å²) in [6.45, 7) is 9.72. The Morgan fingerprint density at radius 1 is 1.03 bits per heavy atom. The van der Waals surface area contributed by atoms with Crippen LogP contribution >= 0.6 is 17.0 Å². The summed E-state index contributed by atoms with van der Waals surface area (Å²) in [4.78, 5) is 57.0. The van der Waals surface area contributed by atoms with Crippen LogP contribution in [0.1, 0.15) is 79.6 Å². The zero-order valence-corrected chi connectivity index (χ0v) is 22.9. The maximum absolute atomic E-state index is 12.3. The van der Waals surface area contributed by atoms with Gasteiger partial charge in [-0.15, -0.1) is 17.0 Å². The van der Waals surface area contributed by atoms with Crippen molar-refractivity contribution < 1.29 is 34.2 Å². The van der Waals surface area contributed by atoms with E-state index < -0.39 is 23.1 Å². The first-order chi connectivity index (χ1) is 15.2. The number of hydrogen-bond donors (Lipinski definition) is 4. The fourth-order valence-corrected chi connectivity index (χ4v) is 4.38. The molecule has 2 aliphatic heterocycles. The summed E-state index contributed by atoms with van der Waals surface area (Å²) in [5.41, 5.74) is 3.58. The molecule has 0 aromatic carbocycles. The number of amides is 5. The average molecular weight is 566 g/mol. The Labute approximate surface area is 217 Å². The summed E-state index contributed by atoms with van der Waals surface area (Å²) in [5, 5.41) is 7.09. The number of nitrogens with two attached hydrogens (primary N) is 1. The van der Waals surface area contributed by atoms with Crippen molar-refractivity contribution in [3.05, 3.63) is 0 Å². The van der Waals surface area contributed by atoms with E-state index in [0.717, 1.165) is 19.3 Å². The van der Waals surface area contributed by atoms with Crippen LogP contribution in [0.2, 0.25) is 0 Å². The molecule has 5 amide bonds. The molecule has 3 rings (SSSR count).